The van der Waals surface area contributed by atoms with Crippen molar-refractivity contribution in [1.82, 2.24) is 25.5 Å². The summed E-state index contributed by atoms with van der Waals surface area (Å²) in [5, 5.41) is 6.28. The summed E-state index contributed by atoms with van der Waals surface area (Å²) >= 11 is 1.79. The molecule has 2 saturated heterocycles. The van der Waals surface area contributed by atoms with Crippen molar-refractivity contribution >= 4 is 39.3 Å². The van der Waals surface area contributed by atoms with Gasteiger partial charge in [-0.15, -0.1) is 11.3 Å². The van der Waals surface area contributed by atoms with Crippen LogP contribution in [0, 0.1) is 11.8 Å². The summed E-state index contributed by atoms with van der Waals surface area (Å²) in [4.78, 5) is 38.1. The number of carbonyl (C=O) groups excluding carboxylic acids is 2. The second-order valence-corrected chi connectivity index (χ2v) is 10.6. The van der Waals surface area contributed by atoms with Gasteiger partial charge in [-0.3, -0.25) is 10.1 Å². The first-order valence-corrected chi connectivity index (χ1v) is 12.1. The monoisotopic (exact) mass is 442 g/mol. The molecule has 9 heteroatoms. The fourth-order valence-corrected chi connectivity index (χ4v) is 6.77. The van der Waals surface area contributed by atoms with Crippen LogP contribution in [0.3, 0.4) is 0 Å². The molecule has 2 atom stereocenters. The Morgan fingerprint density at radius 3 is 2.71 bits per heavy atom. The van der Waals surface area contributed by atoms with E-state index in [0.717, 1.165) is 73.7 Å². The maximum Gasteiger partial charge on any atom is 0.322 e. The predicted molar refractivity (Wildman–Crippen MR) is 121 cm³/mol. The Bertz CT molecular complexity index is 1040. The van der Waals surface area contributed by atoms with Gasteiger partial charge in [0.15, 0.2) is 0 Å². The molecule has 4 heterocycles. The van der Waals surface area contributed by atoms with E-state index in [2.05, 4.69) is 27.4 Å². The lowest BCUT2D eigenvalue weighted by Gasteiger charge is -2.38. The molecule has 0 unspecified atom stereocenters. The van der Waals surface area contributed by atoms with Gasteiger partial charge in [-0.2, -0.15) is 0 Å². The quantitative estimate of drug-likeness (QED) is 0.626. The summed E-state index contributed by atoms with van der Waals surface area (Å²) in [6.45, 7) is 6.80. The van der Waals surface area contributed by atoms with Crippen molar-refractivity contribution in [2.24, 2.45) is 11.8 Å². The predicted octanol–water partition coefficient (Wildman–Crippen LogP) is 2.25. The Kier molecular flexibility index (Phi) is 5.13. The zero-order valence-corrected chi connectivity index (χ0v) is 19.0. The highest BCUT2D eigenvalue weighted by atomic mass is 32.1. The average Bonchev–Trinajstić information content (AvgIpc) is 3.22. The van der Waals surface area contributed by atoms with E-state index in [9.17, 15) is 9.59 Å². The molecule has 4 N–H and O–H groups in total. The normalized spacial score (nSPS) is 27.4. The summed E-state index contributed by atoms with van der Waals surface area (Å²) < 4.78 is 0. The molecule has 0 saturated carbocycles. The molecule has 2 aromatic rings. The zero-order valence-electron chi connectivity index (χ0n) is 18.2. The molecule has 0 bridgehead atoms. The van der Waals surface area contributed by atoms with Crippen LogP contribution < -0.4 is 16.4 Å². The number of nitrogens with one attached hydrogen (secondary N) is 2. The van der Waals surface area contributed by atoms with Crippen molar-refractivity contribution in [2.45, 2.75) is 57.9 Å². The first-order valence-electron chi connectivity index (χ1n) is 11.3. The van der Waals surface area contributed by atoms with Crippen molar-refractivity contribution < 1.29 is 9.59 Å². The minimum atomic E-state index is -0.790. The summed E-state index contributed by atoms with van der Waals surface area (Å²) in [5.41, 5.74) is 6.95. The number of hydrogen-bond donors (Lipinski definition) is 3. The Balaban J connectivity index is 1.22. The van der Waals surface area contributed by atoms with Crippen molar-refractivity contribution in [1.29, 1.82) is 0 Å². The Morgan fingerprint density at radius 2 is 2.00 bits per heavy atom. The van der Waals surface area contributed by atoms with Gasteiger partial charge < -0.3 is 16.0 Å². The van der Waals surface area contributed by atoms with Crippen molar-refractivity contribution in [3.05, 3.63) is 16.3 Å². The van der Waals surface area contributed by atoms with Crippen LogP contribution in [0.25, 0.3) is 10.2 Å². The van der Waals surface area contributed by atoms with E-state index in [4.69, 9.17) is 10.7 Å². The lowest BCUT2D eigenvalue weighted by Crippen LogP contribution is -2.53. The molecule has 8 nitrogen and oxygen atoms in total. The van der Waals surface area contributed by atoms with E-state index in [1.165, 1.54) is 16.9 Å². The van der Waals surface area contributed by atoms with Gasteiger partial charge in [0, 0.05) is 17.8 Å². The second kappa shape index (κ2) is 7.70. The molecule has 2 fully saturated rings. The van der Waals surface area contributed by atoms with Gasteiger partial charge in [0.05, 0.1) is 5.39 Å². The van der Waals surface area contributed by atoms with Crippen LogP contribution >= 0.6 is 11.3 Å². The molecule has 2 aliphatic heterocycles. The topological polar surface area (TPSA) is 113 Å². The smallest absolute Gasteiger partial charge is 0.322 e. The number of fused-ring (bicyclic) bond motifs is 3. The number of aromatic nitrogens is 2. The minimum absolute atomic E-state index is 0.151. The number of piperidine rings is 1. The number of anilines is 1. The molecule has 5 rings (SSSR count). The highest BCUT2D eigenvalue weighted by Crippen LogP contribution is 2.39. The number of rotatable bonds is 4. The van der Waals surface area contributed by atoms with Gasteiger partial charge in [-0.25, -0.2) is 14.8 Å². The van der Waals surface area contributed by atoms with Gasteiger partial charge >= 0.3 is 6.03 Å². The molecular weight excluding hydrogens is 412 g/mol. The second-order valence-electron chi connectivity index (χ2n) is 9.53. The first kappa shape index (κ1) is 20.6. The number of hydrogen-bond acceptors (Lipinski definition) is 7. The van der Waals surface area contributed by atoms with Gasteiger partial charge in [0.1, 0.15) is 22.0 Å². The van der Waals surface area contributed by atoms with E-state index in [-0.39, 0.29) is 17.9 Å². The van der Waals surface area contributed by atoms with Gasteiger partial charge in [0.2, 0.25) is 0 Å². The molecule has 1 aliphatic carbocycles. The van der Waals surface area contributed by atoms with Crippen LogP contribution in [-0.4, -0.2) is 52.0 Å². The molecule has 0 radical (unpaired) electrons. The summed E-state index contributed by atoms with van der Waals surface area (Å²) in [6, 6.07) is -0.384. The number of aryl methyl sites for hydroxylation is 1. The molecule has 2 aromatic heterocycles. The first-order chi connectivity index (χ1) is 14.8. The summed E-state index contributed by atoms with van der Waals surface area (Å²) in [7, 11) is 0. The maximum atomic E-state index is 12.2. The average molecular weight is 443 g/mol. The highest BCUT2D eigenvalue weighted by Gasteiger charge is 2.48. The Hall–Kier alpha value is -2.26. The number of nitrogen functional groups attached to an aromatic ring is 1. The van der Waals surface area contributed by atoms with Crippen LogP contribution in [0.15, 0.2) is 0 Å². The summed E-state index contributed by atoms with van der Waals surface area (Å²) in [6.07, 6.45) is 5.93. The van der Waals surface area contributed by atoms with Crippen LogP contribution in [0.2, 0.25) is 0 Å². The molecule has 31 heavy (non-hydrogen) atoms. The fourth-order valence-electron chi connectivity index (χ4n) is 5.36. The lowest BCUT2D eigenvalue weighted by atomic mass is 9.79. The van der Waals surface area contributed by atoms with Gasteiger partial charge in [0.25, 0.3) is 5.91 Å². The van der Waals surface area contributed by atoms with E-state index < -0.39 is 5.54 Å². The van der Waals surface area contributed by atoms with E-state index in [1.807, 2.05) is 6.92 Å². The standard InChI is InChI=1S/C22H30N6O2S/c1-12-3-4-14-15(11-12)31-19-17(14)18(23)24-16(25-19)7-10-28-8-5-13(6-9-28)22(2)20(29)26-21(30)27-22/h12-13H,3-11H2,1-2H3,(H2,23,24,25)(H2,26,27,29,30)/t12-,22-/m1/s1. The van der Waals surface area contributed by atoms with Crippen LogP contribution in [0.1, 0.15) is 49.4 Å². The number of likely N-dealkylation sites (tertiary alicyclic amines) is 1. The third kappa shape index (κ3) is 3.67. The Morgan fingerprint density at radius 1 is 1.23 bits per heavy atom. The van der Waals surface area contributed by atoms with Crippen LogP contribution in [0.4, 0.5) is 10.6 Å². The zero-order chi connectivity index (χ0) is 21.8. The number of imide groups is 1. The Labute approximate surface area is 186 Å². The third-order valence-electron chi connectivity index (χ3n) is 7.36. The fraction of sp³-hybridized carbons (Fsp3) is 0.636. The molecule has 3 amide bonds. The largest absolute Gasteiger partial charge is 0.383 e. The van der Waals surface area contributed by atoms with Crippen LogP contribution in [-0.2, 0) is 24.1 Å². The molecule has 3 aliphatic rings. The number of nitrogens with zero attached hydrogens (tertiary/aromatic N) is 3. The van der Waals surface area contributed by atoms with Crippen molar-refractivity contribution in [2.75, 3.05) is 25.4 Å². The maximum absolute atomic E-state index is 12.2. The van der Waals surface area contributed by atoms with Crippen molar-refractivity contribution in [3.63, 3.8) is 0 Å². The number of urea groups is 1. The molecule has 0 aromatic carbocycles. The van der Waals surface area contributed by atoms with E-state index in [0.29, 0.717) is 5.82 Å². The molecule has 0 spiro atoms. The lowest BCUT2D eigenvalue weighted by molar-refractivity contribution is -0.125. The minimum Gasteiger partial charge on any atom is -0.383 e. The van der Waals surface area contributed by atoms with Gasteiger partial charge in [-0.05, 0) is 69.5 Å². The third-order valence-corrected chi connectivity index (χ3v) is 8.51. The van der Waals surface area contributed by atoms with E-state index >= 15 is 0 Å². The molecular formula is C22H30N6O2S. The molecule has 166 valence electrons. The SMILES string of the molecule is C[C@@H]1CCc2c(sc3nc(CCN4CCC([C@@]5(C)NC(=O)NC5=O)CC4)nc(N)c23)C1. The summed E-state index contributed by atoms with van der Waals surface area (Å²) in [5.74, 6) is 2.11. The van der Waals surface area contributed by atoms with E-state index in [1.54, 1.807) is 11.3 Å². The highest BCUT2D eigenvalue weighted by molar-refractivity contribution is 7.19. The number of thiophene rings is 1. The number of amides is 3. The van der Waals surface area contributed by atoms with Gasteiger partial charge in [-0.1, -0.05) is 6.92 Å². The van der Waals surface area contributed by atoms with Crippen LogP contribution in [0.5, 0.6) is 0 Å². The number of nitrogens with two attached hydrogens (primary N) is 1. The number of carbonyl (C=O) groups is 2. The van der Waals surface area contributed by atoms with Crippen molar-refractivity contribution in [3.8, 4) is 0 Å².